The van der Waals surface area contributed by atoms with Crippen LogP contribution < -0.4 is 4.74 Å². The minimum atomic E-state index is -1.05. The van der Waals surface area contributed by atoms with Gasteiger partial charge in [-0.15, -0.1) is 0 Å². The van der Waals surface area contributed by atoms with E-state index < -0.39 is 5.97 Å². The predicted molar refractivity (Wildman–Crippen MR) is 78.8 cm³/mol. The van der Waals surface area contributed by atoms with Gasteiger partial charge in [-0.3, -0.25) is 4.68 Å². The lowest BCUT2D eigenvalue weighted by Crippen LogP contribution is -2.00. The first-order valence-electron chi connectivity index (χ1n) is 6.74. The summed E-state index contributed by atoms with van der Waals surface area (Å²) in [4.78, 5) is 11.0. The van der Waals surface area contributed by atoms with Crippen LogP contribution in [-0.4, -0.2) is 27.5 Å². The highest BCUT2D eigenvalue weighted by Crippen LogP contribution is 2.34. The number of rotatable bonds is 5. The summed E-state index contributed by atoms with van der Waals surface area (Å²) in [7, 11) is 1.70. The number of nitrogens with zero attached hydrogens (tertiary/aromatic N) is 2. The van der Waals surface area contributed by atoms with Crippen LogP contribution >= 0.6 is 11.6 Å². The monoisotopic (exact) mass is 306 g/mol. The van der Waals surface area contributed by atoms with Crippen LogP contribution in [0.3, 0.4) is 0 Å². The largest absolute Gasteiger partial charge is 0.492 e. The third-order valence-electron chi connectivity index (χ3n) is 3.50. The molecule has 0 aliphatic heterocycles. The maximum absolute atomic E-state index is 11.0. The van der Waals surface area contributed by atoms with Crippen LogP contribution in [0.1, 0.15) is 23.3 Å². The molecule has 0 atom stereocenters. The minimum Gasteiger partial charge on any atom is -0.492 e. The Bertz CT molecular complexity index is 692. The van der Waals surface area contributed by atoms with Gasteiger partial charge in [0.25, 0.3) is 0 Å². The molecule has 3 rings (SSSR count). The van der Waals surface area contributed by atoms with Crippen molar-refractivity contribution in [1.82, 2.24) is 9.78 Å². The molecule has 0 bridgehead atoms. The molecule has 6 heteroatoms. The second-order valence-electron chi connectivity index (χ2n) is 5.24. The van der Waals surface area contributed by atoms with Crippen LogP contribution in [0, 0.1) is 5.92 Å². The van der Waals surface area contributed by atoms with Gasteiger partial charge in [0.1, 0.15) is 5.75 Å². The van der Waals surface area contributed by atoms with E-state index in [0.29, 0.717) is 29.0 Å². The van der Waals surface area contributed by atoms with Crippen LogP contribution in [0.5, 0.6) is 5.75 Å². The number of carbonyl (C=O) groups is 1. The van der Waals surface area contributed by atoms with Gasteiger partial charge in [0.15, 0.2) is 5.69 Å². The van der Waals surface area contributed by atoms with Gasteiger partial charge >= 0.3 is 5.97 Å². The molecule has 110 valence electrons. The number of benzene rings is 1. The molecule has 0 radical (unpaired) electrons. The van der Waals surface area contributed by atoms with Crippen molar-refractivity contribution >= 4 is 17.6 Å². The highest BCUT2D eigenvalue weighted by molar-refractivity contribution is 6.32. The van der Waals surface area contributed by atoms with E-state index in [1.54, 1.807) is 13.1 Å². The molecule has 2 aromatic rings. The number of aromatic nitrogens is 2. The molecular weight excluding hydrogens is 292 g/mol. The van der Waals surface area contributed by atoms with Gasteiger partial charge in [0, 0.05) is 12.6 Å². The number of carboxylic acids is 1. The van der Waals surface area contributed by atoms with Crippen molar-refractivity contribution in [3.8, 4) is 17.0 Å². The van der Waals surface area contributed by atoms with E-state index >= 15 is 0 Å². The van der Waals surface area contributed by atoms with Crippen molar-refractivity contribution in [2.24, 2.45) is 13.0 Å². The molecular formula is C15H15ClN2O3. The van der Waals surface area contributed by atoms with Gasteiger partial charge in [0.2, 0.25) is 0 Å². The first-order chi connectivity index (χ1) is 10.0. The first-order valence-corrected chi connectivity index (χ1v) is 7.12. The number of halogens is 1. The molecule has 1 fully saturated rings. The Hall–Kier alpha value is -2.01. The number of carboxylic acid groups (broad SMARTS) is 1. The Balaban J connectivity index is 1.85. The first kappa shape index (κ1) is 13.9. The van der Waals surface area contributed by atoms with Gasteiger partial charge < -0.3 is 9.84 Å². The number of hydrogen-bond acceptors (Lipinski definition) is 3. The summed E-state index contributed by atoms with van der Waals surface area (Å²) in [5.74, 6) is 0.274. The van der Waals surface area contributed by atoms with Gasteiger partial charge in [0.05, 0.1) is 17.3 Å². The van der Waals surface area contributed by atoms with Crippen molar-refractivity contribution in [3.05, 3.63) is 35.0 Å². The maximum Gasteiger partial charge on any atom is 0.356 e. The zero-order valence-electron chi connectivity index (χ0n) is 11.5. The van der Waals surface area contributed by atoms with Crippen molar-refractivity contribution < 1.29 is 14.6 Å². The highest BCUT2D eigenvalue weighted by atomic mass is 35.5. The zero-order valence-corrected chi connectivity index (χ0v) is 12.3. The maximum atomic E-state index is 11.0. The lowest BCUT2D eigenvalue weighted by molar-refractivity contribution is 0.0689. The van der Waals surface area contributed by atoms with Crippen LogP contribution in [0.25, 0.3) is 11.3 Å². The molecule has 0 saturated heterocycles. The Morgan fingerprint density at radius 2 is 2.24 bits per heavy atom. The second kappa shape index (κ2) is 5.41. The zero-order chi connectivity index (χ0) is 15.0. The fourth-order valence-corrected chi connectivity index (χ4v) is 2.35. The van der Waals surface area contributed by atoms with E-state index in [-0.39, 0.29) is 5.69 Å². The molecule has 1 aliphatic carbocycles. The van der Waals surface area contributed by atoms with Crippen LogP contribution in [0.15, 0.2) is 24.3 Å². The molecule has 21 heavy (non-hydrogen) atoms. The average Bonchev–Trinajstić information content (AvgIpc) is 3.18. The summed E-state index contributed by atoms with van der Waals surface area (Å²) in [5, 5.41) is 13.4. The molecule has 0 spiro atoms. The standard InChI is InChI=1S/C15H15ClN2O3/c1-18-13(7-12(17-18)15(19)20)10-4-5-14(11(16)6-10)21-8-9-2-3-9/h4-7,9H,2-3,8H2,1H3,(H,19,20). The fourth-order valence-electron chi connectivity index (χ4n) is 2.11. The predicted octanol–water partition coefficient (Wildman–Crippen LogP) is 3.23. The lowest BCUT2D eigenvalue weighted by Gasteiger charge is -2.09. The van der Waals surface area contributed by atoms with Crippen LogP contribution in [-0.2, 0) is 7.05 Å². The van der Waals surface area contributed by atoms with Crippen molar-refractivity contribution in [2.45, 2.75) is 12.8 Å². The number of aromatic carboxylic acids is 1. The summed E-state index contributed by atoms with van der Waals surface area (Å²) in [6.45, 7) is 0.702. The molecule has 5 nitrogen and oxygen atoms in total. The molecule has 1 aliphatic rings. The fraction of sp³-hybridized carbons (Fsp3) is 0.333. The molecule has 1 aromatic carbocycles. The number of hydrogen-bond donors (Lipinski definition) is 1. The lowest BCUT2D eigenvalue weighted by atomic mass is 10.1. The van der Waals surface area contributed by atoms with Crippen LogP contribution in [0.2, 0.25) is 5.02 Å². The van der Waals surface area contributed by atoms with Crippen LogP contribution in [0.4, 0.5) is 0 Å². The Labute approximate surface area is 127 Å². The summed E-state index contributed by atoms with van der Waals surface area (Å²) in [5.41, 5.74) is 1.52. The Kier molecular flexibility index (Phi) is 3.59. The van der Waals surface area contributed by atoms with E-state index in [9.17, 15) is 4.79 Å². The van der Waals surface area contributed by atoms with Gasteiger partial charge in [-0.05, 0) is 43.0 Å². The third-order valence-corrected chi connectivity index (χ3v) is 3.79. The highest BCUT2D eigenvalue weighted by Gasteiger charge is 2.22. The van der Waals surface area contributed by atoms with E-state index in [4.69, 9.17) is 21.4 Å². The van der Waals surface area contributed by atoms with Crippen molar-refractivity contribution in [2.75, 3.05) is 6.61 Å². The molecule has 1 N–H and O–H groups in total. The summed E-state index contributed by atoms with van der Waals surface area (Å²) >= 11 is 6.23. The summed E-state index contributed by atoms with van der Waals surface area (Å²) in [6.07, 6.45) is 2.45. The summed E-state index contributed by atoms with van der Waals surface area (Å²) < 4.78 is 7.20. The van der Waals surface area contributed by atoms with E-state index in [1.165, 1.54) is 23.6 Å². The molecule has 1 heterocycles. The van der Waals surface area contributed by atoms with E-state index in [2.05, 4.69) is 5.10 Å². The summed E-state index contributed by atoms with van der Waals surface area (Å²) in [6, 6.07) is 6.97. The SMILES string of the molecule is Cn1nc(C(=O)O)cc1-c1ccc(OCC2CC2)c(Cl)c1. The molecule has 1 aromatic heterocycles. The molecule has 0 amide bonds. The number of ether oxygens (including phenoxy) is 1. The van der Waals surface area contributed by atoms with Crippen molar-refractivity contribution in [1.29, 1.82) is 0 Å². The third kappa shape index (κ3) is 3.03. The molecule has 0 unspecified atom stereocenters. The van der Waals surface area contributed by atoms with Crippen molar-refractivity contribution in [3.63, 3.8) is 0 Å². The minimum absolute atomic E-state index is 0.0117. The smallest absolute Gasteiger partial charge is 0.356 e. The normalized spacial score (nSPS) is 14.2. The van der Waals surface area contributed by atoms with E-state index in [0.717, 1.165) is 5.56 Å². The average molecular weight is 307 g/mol. The van der Waals surface area contributed by atoms with Gasteiger partial charge in [-0.25, -0.2) is 4.79 Å². The number of aryl methyl sites for hydroxylation is 1. The quantitative estimate of drug-likeness (QED) is 0.921. The Morgan fingerprint density at radius 1 is 1.48 bits per heavy atom. The second-order valence-corrected chi connectivity index (χ2v) is 5.65. The van der Waals surface area contributed by atoms with Gasteiger partial charge in [-0.1, -0.05) is 11.6 Å². The Morgan fingerprint density at radius 3 is 2.81 bits per heavy atom. The van der Waals surface area contributed by atoms with Gasteiger partial charge in [-0.2, -0.15) is 5.10 Å². The van der Waals surface area contributed by atoms with E-state index in [1.807, 2.05) is 12.1 Å². The topological polar surface area (TPSA) is 64.4 Å². The molecule has 1 saturated carbocycles.